The molecule has 0 fully saturated rings. The van der Waals surface area contributed by atoms with Crippen molar-refractivity contribution in [1.29, 1.82) is 0 Å². The zero-order valence-corrected chi connectivity index (χ0v) is 7.95. The Hall–Kier alpha value is -0.640. The van der Waals surface area contributed by atoms with E-state index in [1.54, 1.807) is 0 Å². The molecule has 0 aliphatic heterocycles. The van der Waals surface area contributed by atoms with Crippen molar-refractivity contribution in [1.82, 2.24) is 0 Å². The highest BCUT2D eigenvalue weighted by Gasteiger charge is 2.15. The van der Waals surface area contributed by atoms with Crippen LogP contribution in [0.2, 0.25) is 0 Å². The minimum atomic E-state index is -0.508. The van der Waals surface area contributed by atoms with Crippen molar-refractivity contribution in [3.63, 3.8) is 0 Å². The Morgan fingerprint density at radius 3 is 1.82 bits per heavy atom. The number of hydrogen-bond donors (Lipinski definition) is 0. The van der Waals surface area contributed by atoms with Gasteiger partial charge in [0.1, 0.15) is 4.86 Å². The smallest absolute Gasteiger partial charge is 0.347 e. The standard InChI is InChI=1S/C7H12O3S/c1-5(8)6(11(3)4)7(9)10-2/h1-4H3. The molecular formula is C7H12O3S. The lowest BCUT2D eigenvalue weighted by Crippen LogP contribution is -2.22. The molecular weight excluding hydrogens is 164 g/mol. The van der Waals surface area contributed by atoms with Crippen molar-refractivity contribution in [2.75, 3.05) is 19.6 Å². The molecule has 0 aromatic heterocycles. The van der Waals surface area contributed by atoms with Crippen LogP contribution in [0.3, 0.4) is 0 Å². The van der Waals surface area contributed by atoms with Gasteiger partial charge in [-0.3, -0.25) is 4.79 Å². The fraction of sp³-hybridized carbons (Fsp3) is 0.571. The minimum absolute atomic E-state index is 0.204. The molecule has 0 heterocycles. The van der Waals surface area contributed by atoms with Crippen molar-refractivity contribution >= 4 is 27.1 Å². The SMILES string of the molecule is COC(=O)C(C(C)=O)=S(C)C. The van der Waals surface area contributed by atoms with Gasteiger partial charge in [0.2, 0.25) is 0 Å². The first kappa shape index (κ1) is 10.4. The van der Waals surface area contributed by atoms with Gasteiger partial charge >= 0.3 is 5.97 Å². The van der Waals surface area contributed by atoms with Gasteiger partial charge in [-0.05, 0) is 19.4 Å². The molecule has 0 N–H and O–H groups in total. The van der Waals surface area contributed by atoms with E-state index in [1.165, 1.54) is 14.0 Å². The van der Waals surface area contributed by atoms with Gasteiger partial charge in [0, 0.05) is 0 Å². The normalized spacial score (nSPS) is 9.55. The quantitative estimate of drug-likeness (QED) is 0.348. The van der Waals surface area contributed by atoms with Crippen LogP contribution in [0.1, 0.15) is 6.92 Å². The van der Waals surface area contributed by atoms with Crippen molar-refractivity contribution in [3.05, 3.63) is 0 Å². The number of carbonyl (C=O) groups excluding carboxylic acids is 2. The number of carbonyl (C=O) groups is 2. The van der Waals surface area contributed by atoms with E-state index in [2.05, 4.69) is 4.74 Å². The van der Waals surface area contributed by atoms with E-state index in [9.17, 15) is 9.59 Å². The van der Waals surface area contributed by atoms with Crippen molar-refractivity contribution in [2.45, 2.75) is 6.92 Å². The van der Waals surface area contributed by atoms with Crippen LogP contribution in [0.15, 0.2) is 0 Å². The molecule has 11 heavy (non-hydrogen) atoms. The molecule has 0 rings (SSSR count). The molecule has 64 valence electrons. The van der Waals surface area contributed by atoms with E-state index in [0.717, 1.165) is 0 Å². The summed E-state index contributed by atoms with van der Waals surface area (Å²) in [5, 5.41) is 0. The van der Waals surface area contributed by atoms with Crippen LogP contribution in [-0.2, 0) is 14.3 Å². The second-order valence-electron chi connectivity index (χ2n) is 2.19. The molecule has 0 atom stereocenters. The first-order valence-electron chi connectivity index (χ1n) is 3.04. The van der Waals surface area contributed by atoms with E-state index in [-0.39, 0.29) is 21.1 Å². The Kier molecular flexibility index (Phi) is 4.03. The Morgan fingerprint density at radius 2 is 1.73 bits per heavy atom. The molecule has 0 spiro atoms. The minimum Gasteiger partial charge on any atom is -0.465 e. The van der Waals surface area contributed by atoms with Crippen LogP contribution in [-0.4, -0.2) is 36.2 Å². The highest BCUT2D eigenvalue weighted by Crippen LogP contribution is 2.04. The van der Waals surface area contributed by atoms with Crippen molar-refractivity contribution < 1.29 is 14.3 Å². The third-order valence-corrected chi connectivity index (χ3v) is 2.37. The molecule has 3 nitrogen and oxygen atoms in total. The molecule has 0 aromatic carbocycles. The second kappa shape index (κ2) is 4.28. The molecule has 0 bridgehead atoms. The maximum Gasteiger partial charge on any atom is 0.347 e. The molecule has 0 aromatic rings. The molecule has 4 heteroatoms. The van der Waals surface area contributed by atoms with Gasteiger partial charge < -0.3 is 4.74 Å². The van der Waals surface area contributed by atoms with E-state index < -0.39 is 5.97 Å². The first-order valence-corrected chi connectivity index (χ1v) is 5.08. The number of ether oxygens (including phenoxy) is 1. The van der Waals surface area contributed by atoms with Gasteiger partial charge in [-0.25, -0.2) is 4.79 Å². The average Bonchev–Trinajstić information content (AvgIpc) is 1.85. The van der Waals surface area contributed by atoms with Crippen LogP contribution < -0.4 is 0 Å². The molecule has 0 unspecified atom stereocenters. The summed E-state index contributed by atoms with van der Waals surface area (Å²) < 4.78 is 4.45. The largest absolute Gasteiger partial charge is 0.465 e. The van der Waals surface area contributed by atoms with Crippen LogP contribution in [0, 0.1) is 0 Å². The lowest BCUT2D eigenvalue weighted by Gasteiger charge is -2.02. The van der Waals surface area contributed by atoms with Gasteiger partial charge in [-0.15, -0.1) is 0 Å². The van der Waals surface area contributed by atoms with Crippen LogP contribution >= 0.6 is 10.5 Å². The number of hydrogen-bond acceptors (Lipinski definition) is 3. The summed E-state index contributed by atoms with van der Waals surface area (Å²) >= 11 is 0. The van der Waals surface area contributed by atoms with Gasteiger partial charge in [-0.2, -0.15) is 10.5 Å². The third-order valence-electron chi connectivity index (χ3n) is 1.10. The predicted molar refractivity (Wildman–Crippen MR) is 47.1 cm³/mol. The van der Waals surface area contributed by atoms with Gasteiger partial charge in [0.15, 0.2) is 5.78 Å². The molecule has 0 saturated carbocycles. The Labute approximate surface area is 68.7 Å². The van der Waals surface area contributed by atoms with Crippen molar-refractivity contribution in [2.24, 2.45) is 0 Å². The zero-order valence-electron chi connectivity index (χ0n) is 7.13. The van der Waals surface area contributed by atoms with Crippen LogP contribution in [0.25, 0.3) is 0 Å². The van der Waals surface area contributed by atoms with E-state index >= 15 is 0 Å². The molecule has 0 amide bonds. The summed E-state index contributed by atoms with van der Waals surface area (Å²) in [6.45, 7) is 1.37. The van der Waals surface area contributed by atoms with Gasteiger partial charge in [0.25, 0.3) is 0 Å². The Bertz CT molecular complexity index is 214. The molecule has 0 aliphatic rings. The average molecular weight is 176 g/mol. The molecule has 0 radical (unpaired) electrons. The summed E-state index contributed by atoms with van der Waals surface area (Å²) in [4.78, 5) is 22.0. The van der Waals surface area contributed by atoms with Crippen molar-refractivity contribution in [3.8, 4) is 0 Å². The topological polar surface area (TPSA) is 43.4 Å². The number of Topliss-reactive ketones (excluding diaryl/α,β-unsaturated/α-hetero) is 1. The number of methoxy groups -OCH3 is 1. The lowest BCUT2D eigenvalue weighted by atomic mass is 10.3. The number of esters is 1. The highest BCUT2D eigenvalue weighted by molar-refractivity contribution is 8.16. The number of ketones is 1. The Balaban J connectivity index is 4.79. The second-order valence-corrected chi connectivity index (χ2v) is 4.23. The number of rotatable bonds is 2. The highest BCUT2D eigenvalue weighted by atomic mass is 32.2. The van der Waals surface area contributed by atoms with Crippen LogP contribution in [0.4, 0.5) is 0 Å². The summed E-state index contributed by atoms with van der Waals surface area (Å²) in [6, 6.07) is 0. The van der Waals surface area contributed by atoms with E-state index in [1.807, 2.05) is 12.5 Å². The van der Waals surface area contributed by atoms with Gasteiger partial charge in [-0.1, -0.05) is 0 Å². The third kappa shape index (κ3) is 2.84. The van der Waals surface area contributed by atoms with Crippen LogP contribution in [0.5, 0.6) is 0 Å². The molecule has 0 saturated heterocycles. The summed E-state index contributed by atoms with van der Waals surface area (Å²) in [6.07, 6.45) is 3.63. The first-order chi connectivity index (χ1) is 5.00. The maximum atomic E-state index is 10.9. The monoisotopic (exact) mass is 176 g/mol. The molecule has 0 aliphatic carbocycles. The fourth-order valence-electron chi connectivity index (χ4n) is 0.691. The predicted octanol–water partition coefficient (Wildman–Crippen LogP) is 0.449. The fourth-order valence-corrected chi connectivity index (χ4v) is 1.68. The Morgan fingerprint density at radius 1 is 1.27 bits per heavy atom. The van der Waals surface area contributed by atoms with E-state index in [0.29, 0.717) is 0 Å². The van der Waals surface area contributed by atoms with Gasteiger partial charge in [0.05, 0.1) is 7.11 Å². The summed E-state index contributed by atoms with van der Waals surface area (Å²) in [5.41, 5.74) is 0. The maximum absolute atomic E-state index is 10.9. The zero-order chi connectivity index (χ0) is 9.02. The lowest BCUT2D eigenvalue weighted by molar-refractivity contribution is -0.133. The summed E-state index contributed by atoms with van der Waals surface area (Å²) in [7, 11) is 0.955. The van der Waals surface area contributed by atoms with E-state index in [4.69, 9.17) is 0 Å². The summed E-state index contributed by atoms with van der Waals surface area (Å²) in [5.74, 6) is -0.712.